The van der Waals surface area contributed by atoms with Gasteiger partial charge in [-0.1, -0.05) is 48.4 Å². The second kappa shape index (κ2) is 9.80. The third-order valence-electron chi connectivity index (χ3n) is 6.56. The van der Waals surface area contributed by atoms with Gasteiger partial charge in [-0.25, -0.2) is 14.2 Å². The van der Waals surface area contributed by atoms with E-state index in [0.717, 1.165) is 58.7 Å². The zero-order chi connectivity index (χ0) is 25.2. The van der Waals surface area contributed by atoms with E-state index in [1.54, 1.807) is 22.9 Å². The number of aliphatic carboxylic acids is 1. The summed E-state index contributed by atoms with van der Waals surface area (Å²) in [7, 11) is 0. The molecule has 5 rings (SSSR count). The summed E-state index contributed by atoms with van der Waals surface area (Å²) >= 11 is 6.60. The lowest BCUT2D eigenvalue weighted by Gasteiger charge is -2.32. The largest absolute Gasteiger partial charge is 0.478 e. The molecule has 0 atom stereocenters. The molecule has 0 saturated heterocycles. The van der Waals surface area contributed by atoms with Crippen LogP contribution in [-0.2, 0) is 4.79 Å². The predicted molar refractivity (Wildman–Crippen MR) is 138 cm³/mol. The highest BCUT2D eigenvalue weighted by atomic mass is 35.5. The van der Waals surface area contributed by atoms with Crippen molar-refractivity contribution in [2.24, 2.45) is 5.92 Å². The molecule has 2 aromatic carbocycles. The summed E-state index contributed by atoms with van der Waals surface area (Å²) in [5.41, 5.74) is 5.95. The van der Waals surface area contributed by atoms with Gasteiger partial charge in [0.25, 0.3) is 0 Å². The first-order valence-corrected chi connectivity index (χ1v) is 11.9. The molecule has 0 spiro atoms. The number of hydrogen-bond donors (Lipinski definition) is 1. The first-order valence-electron chi connectivity index (χ1n) is 11.5. The van der Waals surface area contributed by atoms with Crippen LogP contribution in [0, 0.1) is 23.1 Å². The van der Waals surface area contributed by atoms with Gasteiger partial charge in [-0.15, -0.1) is 0 Å². The standard InChI is InChI=1S/C29H21ClFN3O2/c30-24-16-21(31)9-10-22(24)28(19-2-1-3-19)29(20-7-4-18(5-8-20)6-13-27(35)36)23-11-12-26-33-14-15-34(26)25(23)17-32/h4-16,19H,1-3H2,(H,35,36). The van der Waals surface area contributed by atoms with Gasteiger partial charge in [0.2, 0.25) is 0 Å². The molecule has 1 N–H and O–H groups in total. The first kappa shape index (κ1) is 23.5. The monoisotopic (exact) mass is 497 g/mol. The molecule has 2 heterocycles. The highest BCUT2D eigenvalue weighted by Gasteiger charge is 2.30. The van der Waals surface area contributed by atoms with Crippen LogP contribution < -0.4 is 0 Å². The van der Waals surface area contributed by atoms with Crippen molar-refractivity contribution < 1.29 is 14.3 Å². The van der Waals surface area contributed by atoms with E-state index in [1.165, 1.54) is 18.2 Å². The Bertz CT molecular complexity index is 1570. The molecule has 1 aliphatic carbocycles. The molecule has 7 heteroatoms. The number of carboxylic acid groups (broad SMARTS) is 1. The Morgan fingerprint density at radius 2 is 1.89 bits per heavy atom. The Morgan fingerprint density at radius 3 is 2.53 bits per heavy atom. The number of halogens is 2. The van der Waals surface area contributed by atoms with Crippen molar-refractivity contribution in [3.8, 4) is 6.07 Å². The van der Waals surface area contributed by atoms with E-state index in [2.05, 4.69) is 11.1 Å². The number of aromatic nitrogens is 2. The minimum absolute atomic E-state index is 0.194. The van der Waals surface area contributed by atoms with Crippen molar-refractivity contribution in [3.63, 3.8) is 0 Å². The third kappa shape index (κ3) is 4.41. The Labute approximate surface area is 212 Å². The number of imidazole rings is 1. The van der Waals surface area contributed by atoms with Gasteiger partial charge in [-0.3, -0.25) is 4.40 Å². The highest BCUT2D eigenvalue weighted by molar-refractivity contribution is 6.32. The van der Waals surface area contributed by atoms with Gasteiger partial charge in [0, 0.05) is 24.0 Å². The number of hydrogen-bond acceptors (Lipinski definition) is 3. The smallest absolute Gasteiger partial charge is 0.328 e. The lowest BCUT2D eigenvalue weighted by Crippen LogP contribution is -2.16. The fraction of sp³-hybridized carbons (Fsp3) is 0.138. The van der Waals surface area contributed by atoms with Gasteiger partial charge < -0.3 is 5.11 Å². The molecule has 5 nitrogen and oxygen atoms in total. The number of rotatable bonds is 6. The van der Waals surface area contributed by atoms with Crippen LogP contribution in [0.2, 0.25) is 5.02 Å². The van der Waals surface area contributed by atoms with Crippen LogP contribution in [0.1, 0.15) is 47.2 Å². The zero-order valence-electron chi connectivity index (χ0n) is 19.2. The molecule has 1 fully saturated rings. The second-order valence-corrected chi connectivity index (χ2v) is 9.10. The quantitative estimate of drug-likeness (QED) is 0.233. The van der Waals surface area contributed by atoms with Gasteiger partial charge in [0.1, 0.15) is 23.2 Å². The number of fused-ring (bicyclic) bond motifs is 1. The summed E-state index contributed by atoms with van der Waals surface area (Å²) in [6.45, 7) is 0. The molecule has 0 amide bonds. The number of allylic oxidation sites excluding steroid dienone is 1. The van der Waals surface area contributed by atoms with Crippen molar-refractivity contribution in [2.75, 3.05) is 0 Å². The fourth-order valence-electron chi connectivity index (χ4n) is 4.66. The van der Waals surface area contributed by atoms with Crippen molar-refractivity contribution in [2.45, 2.75) is 19.3 Å². The summed E-state index contributed by atoms with van der Waals surface area (Å²) in [6.07, 6.45) is 9.01. The normalized spacial score (nSPS) is 14.5. The lowest BCUT2D eigenvalue weighted by atomic mass is 9.73. The molecule has 178 valence electrons. The third-order valence-corrected chi connectivity index (χ3v) is 6.87. The van der Waals surface area contributed by atoms with Crippen molar-refractivity contribution in [1.82, 2.24) is 9.38 Å². The molecule has 0 unspecified atom stereocenters. The summed E-state index contributed by atoms with van der Waals surface area (Å²) in [5.74, 6) is -1.24. The van der Waals surface area contributed by atoms with Crippen LogP contribution in [0.4, 0.5) is 4.39 Å². The Balaban J connectivity index is 1.82. The molecule has 0 bridgehead atoms. The van der Waals surface area contributed by atoms with Crippen molar-refractivity contribution in [1.29, 1.82) is 5.26 Å². The summed E-state index contributed by atoms with van der Waals surface area (Å²) in [6, 6.07) is 18.0. The van der Waals surface area contributed by atoms with Crippen LogP contribution >= 0.6 is 11.6 Å². The van der Waals surface area contributed by atoms with Gasteiger partial charge >= 0.3 is 5.97 Å². The molecule has 1 aliphatic rings. The maximum atomic E-state index is 14.0. The molecular weight excluding hydrogens is 477 g/mol. The van der Waals surface area contributed by atoms with Gasteiger partial charge in [0.05, 0.1) is 5.02 Å². The first-order chi connectivity index (χ1) is 17.5. The second-order valence-electron chi connectivity index (χ2n) is 8.70. The van der Waals surface area contributed by atoms with Crippen molar-refractivity contribution in [3.05, 3.63) is 112 Å². The molecule has 0 radical (unpaired) electrons. The zero-order valence-corrected chi connectivity index (χ0v) is 19.9. The Hall–Kier alpha value is -4.21. The molecule has 2 aromatic heterocycles. The maximum Gasteiger partial charge on any atom is 0.328 e. The average Bonchev–Trinajstić information content (AvgIpc) is 3.31. The topological polar surface area (TPSA) is 78.4 Å². The minimum Gasteiger partial charge on any atom is -0.478 e. The van der Waals surface area contributed by atoms with Crippen LogP contribution in [0.25, 0.3) is 22.9 Å². The van der Waals surface area contributed by atoms with E-state index in [1.807, 2.05) is 36.4 Å². The fourth-order valence-corrected chi connectivity index (χ4v) is 4.93. The minimum atomic E-state index is -1.02. The lowest BCUT2D eigenvalue weighted by molar-refractivity contribution is -0.131. The molecule has 1 saturated carbocycles. The van der Waals surface area contributed by atoms with Crippen molar-refractivity contribution >= 4 is 40.4 Å². The predicted octanol–water partition coefficient (Wildman–Crippen LogP) is 6.86. The van der Waals surface area contributed by atoms with Gasteiger partial charge in [0.15, 0.2) is 0 Å². The molecule has 4 aromatic rings. The van der Waals surface area contributed by atoms with E-state index in [0.29, 0.717) is 16.4 Å². The Kier molecular flexibility index (Phi) is 6.41. The summed E-state index contributed by atoms with van der Waals surface area (Å²) in [4.78, 5) is 15.2. The molecule has 36 heavy (non-hydrogen) atoms. The molecular formula is C29H21ClFN3O2. The maximum absolute atomic E-state index is 14.0. The number of nitriles is 1. The summed E-state index contributed by atoms with van der Waals surface area (Å²) < 4.78 is 15.7. The van der Waals surface area contributed by atoms with Crippen LogP contribution in [0.3, 0.4) is 0 Å². The van der Waals surface area contributed by atoms with E-state index < -0.39 is 11.8 Å². The molecule has 0 aliphatic heterocycles. The Morgan fingerprint density at radius 1 is 1.14 bits per heavy atom. The van der Waals surface area contributed by atoms with Crippen LogP contribution in [-0.4, -0.2) is 20.5 Å². The SMILES string of the molecule is N#Cc1c(C(=C(c2ccc(F)cc2Cl)C2CCC2)c2ccc(C=CC(=O)O)cc2)ccc2nccn12. The van der Waals surface area contributed by atoms with E-state index in [4.69, 9.17) is 16.7 Å². The van der Waals surface area contributed by atoms with Gasteiger partial charge in [-0.2, -0.15) is 5.26 Å². The van der Waals surface area contributed by atoms with Crippen LogP contribution in [0.5, 0.6) is 0 Å². The number of benzene rings is 2. The van der Waals surface area contributed by atoms with E-state index >= 15 is 0 Å². The van der Waals surface area contributed by atoms with Crippen LogP contribution in [0.15, 0.2) is 73.1 Å². The number of nitrogens with zero attached hydrogens (tertiary/aromatic N) is 3. The number of carbonyl (C=O) groups is 1. The van der Waals surface area contributed by atoms with E-state index in [9.17, 15) is 14.4 Å². The summed E-state index contributed by atoms with van der Waals surface area (Å²) in [5, 5.41) is 19.5. The highest BCUT2D eigenvalue weighted by Crippen LogP contribution is 2.47. The van der Waals surface area contributed by atoms with Gasteiger partial charge in [-0.05, 0) is 76.9 Å². The number of pyridine rings is 1. The number of carboxylic acids is 1. The average molecular weight is 498 g/mol. The van der Waals surface area contributed by atoms with E-state index in [-0.39, 0.29) is 5.92 Å².